The van der Waals surface area contributed by atoms with Gasteiger partial charge in [-0.3, -0.25) is 4.98 Å². The molecule has 1 aromatic carbocycles. The minimum absolute atomic E-state index is 0.440. The van der Waals surface area contributed by atoms with E-state index in [2.05, 4.69) is 4.98 Å². The van der Waals surface area contributed by atoms with Crippen LogP contribution in [0.15, 0.2) is 36.5 Å². The standard InChI is InChI=1S/C12H12N2OS/c1-14(2)12(16)15-10-6-5-9-4-3-7-13-11(9)8-10/h3-8H,1-2H3. The van der Waals surface area contributed by atoms with Crippen LogP contribution in [0.5, 0.6) is 5.75 Å². The largest absolute Gasteiger partial charge is 0.432 e. The van der Waals surface area contributed by atoms with E-state index < -0.39 is 0 Å². The number of ether oxygens (including phenoxy) is 1. The highest BCUT2D eigenvalue weighted by Crippen LogP contribution is 2.19. The van der Waals surface area contributed by atoms with Gasteiger partial charge in [0.05, 0.1) is 5.52 Å². The van der Waals surface area contributed by atoms with Gasteiger partial charge < -0.3 is 9.64 Å². The maximum atomic E-state index is 5.50. The van der Waals surface area contributed by atoms with E-state index in [-0.39, 0.29) is 0 Å². The summed E-state index contributed by atoms with van der Waals surface area (Å²) in [5, 5.41) is 1.53. The average molecular weight is 232 g/mol. The van der Waals surface area contributed by atoms with E-state index in [1.165, 1.54) is 0 Å². The predicted octanol–water partition coefficient (Wildman–Crippen LogP) is 2.46. The quantitative estimate of drug-likeness (QED) is 0.705. The van der Waals surface area contributed by atoms with Gasteiger partial charge in [0.15, 0.2) is 0 Å². The number of benzene rings is 1. The Morgan fingerprint density at radius 3 is 2.88 bits per heavy atom. The number of pyridine rings is 1. The zero-order chi connectivity index (χ0) is 11.5. The van der Waals surface area contributed by atoms with E-state index in [1.54, 1.807) is 11.1 Å². The summed E-state index contributed by atoms with van der Waals surface area (Å²) in [5.74, 6) is 0.713. The van der Waals surface area contributed by atoms with Crippen molar-refractivity contribution in [2.24, 2.45) is 0 Å². The van der Waals surface area contributed by atoms with Gasteiger partial charge in [0.1, 0.15) is 5.75 Å². The topological polar surface area (TPSA) is 25.4 Å². The molecule has 0 radical (unpaired) electrons. The number of aromatic nitrogens is 1. The summed E-state index contributed by atoms with van der Waals surface area (Å²) in [6.07, 6.45) is 1.76. The number of hydrogen-bond donors (Lipinski definition) is 0. The maximum absolute atomic E-state index is 5.50. The fourth-order valence-corrected chi connectivity index (χ4v) is 1.40. The summed E-state index contributed by atoms with van der Waals surface area (Å²) in [4.78, 5) is 6.01. The Labute approximate surface area is 99.7 Å². The van der Waals surface area contributed by atoms with E-state index in [0.29, 0.717) is 10.9 Å². The lowest BCUT2D eigenvalue weighted by Gasteiger charge is -2.14. The molecule has 3 nitrogen and oxygen atoms in total. The fourth-order valence-electron chi connectivity index (χ4n) is 1.30. The van der Waals surface area contributed by atoms with E-state index in [1.807, 2.05) is 44.4 Å². The molecule has 0 fully saturated rings. The molecule has 0 amide bonds. The molecule has 0 saturated heterocycles. The molecule has 0 aliphatic rings. The Hall–Kier alpha value is -1.68. The van der Waals surface area contributed by atoms with Crippen LogP contribution in [0.2, 0.25) is 0 Å². The summed E-state index contributed by atoms with van der Waals surface area (Å²) >= 11 is 5.07. The Morgan fingerprint density at radius 1 is 1.31 bits per heavy atom. The van der Waals surface area contributed by atoms with Crippen molar-refractivity contribution in [3.05, 3.63) is 36.5 Å². The van der Waals surface area contributed by atoms with Gasteiger partial charge in [0, 0.05) is 31.7 Å². The van der Waals surface area contributed by atoms with Crippen molar-refractivity contribution in [2.45, 2.75) is 0 Å². The highest BCUT2D eigenvalue weighted by atomic mass is 32.1. The van der Waals surface area contributed by atoms with E-state index in [4.69, 9.17) is 17.0 Å². The first-order chi connectivity index (χ1) is 7.66. The van der Waals surface area contributed by atoms with Crippen LogP contribution in [0.1, 0.15) is 0 Å². The lowest BCUT2D eigenvalue weighted by atomic mass is 10.2. The number of hydrogen-bond acceptors (Lipinski definition) is 3. The van der Waals surface area contributed by atoms with Gasteiger partial charge in [-0.15, -0.1) is 0 Å². The number of nitrogens with zero attached hydrogens (tertiary/aromatic N) is 2. The van der Waals surface area contributed by atoms with Crippen molar-refractivity contribution in [1.29, 1.82) is 0 Å². The summed E-state index contributed by atoms with van der Waals surface area (Å²) in [6, 6.07) is 9.66. The lowest BCUT2D eigenvalue weighted by molar-refractivity contribution is 0.450. The van der Waals surface area contributed by atoms with Gasteiger partial charge in [-0.25, -0.2) is 0 Å². The molecule has 0 spiro atoms. The van der Waals surface area contributed by atoms with Crippen LogP contribution in [-0.4, -0.2) is 29.2 Å². The predicted molar refractivity (Wildman–Crippen MR) is 68.7 cm³/mol. The van der Waals surface area contributed by atoms with Gasteiger partial charge in [0.25, 0.3) is 5.17 Å². The highest BCUT2D eigenvalue weighted by molar-refractivity contribution is 7.80. The third-order valence-corrected chi connectivity index (χ3v) is 2.60. The summed E-state index contributed by atoms with van der Waals surface area (Å²) in [5.41, 5.74) is 0.904. The third-order valence-electron chi connectivity index (χ3n) is 2.15. The Kier molecular flexibility index (Phi) is 3.01. The monoisotopic (exact) mass is 232 g/mol. The molecule has 0 atom stereocenters. The average Bonchev–Trinajstić information content (AvgIpc) is 2.28. The zero-order valence-electron chi connectivity index (χ0n) is 9.18. The molecule has 0 unspecified atom stereocenters. The van der Waals surface area contributed by atoms with Gasteiger partial charge in [-0.05, 0) is 30.4 Å². The van der Waals surface area contributed by atoms with Crippen LogP contribution in [0, 0.1) is 0 Å². The first-order valence-electron chi connectivity index (χ1n) is 4.91. The second-order valence-electron chi connectivity index (χ2n) is 3.62. The smallest absolute Gasteiger partial charge is 0.264 e. The molecule has 0 aliphatic carbocycles. The minimum atomic E-state index is 0.440. The van der Waals surface area contributed by atoms with Crippen molar-refractivity contribution in [3.8, 4) is 5.75 Å². The van der Waals surface area contributed by atoms with Crippen molar-refractivity contribution in [3.63, 3.8) is 0 Å². The van der Waals surface area contributed by atoms with Crippen molar-refractivity contribution in [2.75, 3.05) is 14.1 Å². The third kappa shape index (κ3) is 2.28. The second-order valence-corrected chi connectivity index (χ2v) is 3.97. The van der Waals surface area contributed by atoms with Crippen molar-refractivity contribution >= 4 is 28.3 Å². The summed E-state index contributed by atoms with van der Waals surface area (Å²) < 4.78 is 5.50. The number of rotatable bonds is 1. The Balaban J connectivity index is 2.29. The van der Waals surface area contributed by atoms with Crippen LogP contribution >= 0.6 is 12.2 Å². The molecule has 82 valence electrons. The SMILES string of the molecule is CN(C)C(=S)Oc1ccc2cccnc2c1. The number of thiocarbonyl (C=S) groups is 1. The van der Waals surface area contributed by atoms with Crippen molar-refractivity contribution < 1.29 is 4.74 Å². The van der Waals surface area contributed by atoms with E-state index >= 15 is 0 Å². The molecule has 4 heteroatoms. The van der Waals surface area contributed by atoms with Gasteiger partial charge >= 0.3 is 0 Å². The summed E-state index contributed by atoms with van der Waals surface area (Å²) in [6.45, 7) is 0. The van der Waals surface area contributed by atoms with Crippen LogP contribution in [0.25, 0.3) is 10.9 Å². The van der Waals surface area contributed by atoms with Crippen LogP contribution < -0.4 is 4.74 Å². The highest BCUT2D eigenvalue weighted by Gasteiger charge is 2.03. The van der Waals surface area contributed by atoms with Gasteiger partial charge in [-0.1, -0.05) is 6.07 Å². The van der Waals surface area contributed by atoms with Crippen LogP contribution in [0.3, 0.4) is 0 Å². The maximum Gasteiger partial charge on any atom is 0.264 e. The first kappa shape index (κ1) is 10.8. The molecule has 2 aromatic rings. The molecule has 1 heterocycles. The zero-order valence-corrected chi connectivity index (χ0v) is 9.99. The number of fused-ring (bicyclic) bond motifs is 1. The molecule has 0 aliphatic heterocycles. The molecular weight excluding hydrogens is 220 g/mol. The lowest BCUT2D eigenvalue weighted by Crippen LogP contribution is -2.24. The van der Waals surface area contributed by atoms with Crippen LogP contribution in [-0.2, 0) is 0 Å². The summed E-state index contributed by atoms with van der Waals surface area (Å²) in [7, 11) is 3.70. The molecule has 0 N–H and O–H groups in total. The van der Waals surface area contributed by atoms with Crippen molar-refractivity contribution in [1.82, 2.24) is 9.88 Å². The second kappa shape index (κ2) is 4.45. The first-order valence-corrected chi connectivity index (χ1v) is 5.31. The molecule has 0 saturated carbocycles. The molecule has 1 aromatic heterocycles. The van der Waals surface area contributed by atoms with E-state index in [9.17, 15) is 0 Å². The molecule has 2 rings (SSSR count). The van der Waals surface area contributed by atoms with Crippen LogP contribution in [0.4, 0.5) is 0 Å². The van der Waals surface area contributed by atoms with E-state index in [0.717, 1.165) is 10.9 Å². The minimum Gasteiger partial charge on any atom is -0.432 e. The Morgan fingerprint density at radius 2 is 2.12 bits per heavy atom. The molecule has 16 heavy (non-hydrogen) atoms. The van der Waals surface area contributed by atoms with Gasteiger partial charge in [0.2, 0.25) is 0 Å². The van der Waals surface area contributed by atoms with Gasteiger partial charge in [-0.2, -0.15) is 0 Å². The Bertz CT molecular complexity index is 525. The fraction of sp³-hybridized carbons (Fsp3) is 0.167. The normalized spacial score (nSPS) is 10.1. The molecular formula is C12H12N2OS. The molecule has 0 bridgehead atoms.